The molecule has 4 aromatic rings. The van der Waals surface area contributed by atoms with Crippen LogP contribution in [-0.4, -0.2) is 20.5 Å². The molecule has 4 rings (SSSR count). The molecule has 0 bridgehead atoms. The summed E-state index contributed by atoms with van der Waals surface area (Å²) < 4.78 is 7.29. The summed E-state index contributed by atoms with van der Waals surface area (Å²) >= 11 is 1.63. The average Bonchev–Trinajstić information content (AvgIpc) is 3.38. The first-order valence-electron chi connectivity index (χ1n) is 8.40. The molecule has 7 heteroatoms. The fourth-order valence-electron chi connectivity index (χ4n) is 2.79. The second kappa shape index (κ2) is 6.76. The summed E-state index contributed by atoms with van der Waals surface area (Å²) in [6, 6.07) is 9.46. The van der Waals surface area contributed by atoms with Crippen molar-refractivity contribution in [1.29, 1.82) is 0 Å². The lowest BCUT2D eigenvalue weighted by molar-refractivity contribution is 0.0943. The first-order chi connectivity index (χ1) is 12.6. The normalized spacial score (nSPS) is 11.2. The maximum Gasteiger partial charge on any atom is 0.270 e. The molecular weight excluding hydrogens is 348 g/mol. The van der Waals surface area contributed by atoms with Crippen LogP contribution in [-0.2, 0) is 13.0 Å². The first-order valence-corrected chi connectivity index (χ1v) is 9.34. The molecule has 0 fully saturated rings. The minimum absolute atomic E-state index is 0.227. The zero-order valence-electron chi connectivity index (χ0n) is 14.5. The Morgan fingerprint density at radius 1 is 1.31 bits per heavy atom. The van der Waals surface area contributed by atoms with Crippen molar-refractivity contribution in [2.75, 3.05) is 0 Å². The van der Waals surface area contributed by atoms with Gasteiger partial charge in [-0.25, -0.2) is 9.50 Å². The van der Waals surface area contributed by atoms with Crippen LogP contribution in [0.15, 0.2) is 45.5 Å². The molecule has 0 spiro atoms. The van der Waals surface area contributed by atoms with Crippen LogP contribution in [0.5, 0.6) is 0 Å². The monoisotopic (exact) mass is 366 g/mol. The van der Waals surface area contributed by atoms with Crippen molar-refractivity contribution in [2.45, 2.75) is 26.8 Å². The predicted molar refractivity (Wildman–Crippen MR) is 100 cm³/mol. The van der Waals surface area contributed by atoms with E-state index in [-0.39, 0.29) is 5.91 Å². The molecule has 4 aromatic heterocycles. The minimum Gasteiger partial charge on any atom is -0.465 e. The van der Waals surface area contributed by atoms with Crippen LogP contribution in [0.25, 0.3) is 16.9 Å². The molecule has 0 atom stereocenters. The molecule has 26 heavy (non-hydrogen) atoms. The van der Waals surface area contributed by atoms with E-state index in [1.807, 2.05) is 48.9 Å². The molecule has 0 aromatic carbocycles. The lowest BCUT2D eigenvalue weighted by atomic mass is 10.2. The molecule has 0 aliphatic rings. The van der Waals surface area contributed by atoms with E-state index in [0.29, 0.717) is 17.9 Å². The third kappa shape index (κ3) is 3.13. The van der Waals surface area contributed by atoms with Gasteiger partial charge in [0.2, 0.25) is 0 Å². The lowest BCUT2D eigenvalue weighted by Crippen LogP contribution is -2.24. The first kappa shape index (κ1) is 16.5. The molecular formula is C19H18N4O2S. The van der Waals surface area contributed by atoms with Gasteiger partial charge in [0.25, 0.3) is 5.91 Å². The Bertz CT molecular complexity index is 1060. The second-order valence-corrected chi connectivity index (χ2v) is 6.77. The molecule has 0 aliphatic carbocycles. The van der Waals surface area contributed by atoms with Gasteiger partial charge in [-0.05, 0) is 43.0 Å². The number of amides is 1. The van der Waals surface area contributed by atoms with Gasteiger partial charge in [0.15, 0.2) is 5.65 Å². The minimum atomic E-state index is -0.227. The fraction of sp³-hybridized carbons (Fsp3) is 0.211. The molecule has 1 amide bonds. The van der Waals surface area contributed by atoms with Crippen molar-refractivity contribution >= 4 is 22.9 Å². The molecule has 0 radical (unpaired) electrons. The van der Waals surface area contributed by atoms with Gasteiger partial charge in [-0.15, -0.1) is 0 Å². The number of aromatic nitrogens is 3. The Labute approximate surface area is 154 Å². The SMILES string of the molecule is CCc1cc(C(=O)NCc2ccc(C)o2)nc2cc(-c3ccsc3)nn12. The Balaban J connectivity index is 1.63. The highest BCUT2D eigenvalue weighted by Gasteiger charge is 2.15. The van der Waals surface area contributed by atoms with Crippen LogP contribution in [0.1, 0.15) is 34.6 Å². The van der Waals surface area contributed by atoms with Crippen molar-refractivity contribution < 1.29 is 9.21 Å². The van der Waals surface area contributed by atoms with E-state index < -0.39 is 0 Å². The standard InChI is InChI=1S/C19H18N4O2S/c1-3-14-8-17(19(24)20-10-15-5-4-12(2)25-15)21-18-9-16(22-23(14)18)13-6-7-26-11-13/h4-9,11H,3,10H2,1-2H3,(H,20,24). The third-order valence-electron chi connectivity index (χ3n) is 4.13. The van der Waals surface area contributed by atoms with Crippen LogP contribution < -0.4 is 5.32 Å². The smallest absolute Gasteiger partial charge is 0.270 e. The van der Waals surface area contributed by atoms with Crippen molar-refractivity contribution in [3.05, 3.63) is 64.0 Å². The van der Waals surface area contributed by atoms with Crippen molar-refractivity contribution in [1.82, 2.24) is 19.9 Å². The van der Waals surface area contributed by atoms with Crippen LogP contribution in [0, 0.1) is 6.92 Å². The van der Waals surface area contributed by atoms with Gasteiger partial charge in [0, 0.05) is 22.7 Å². The maximum absolute atomic E-state index is 12.5. The number of rotatable bonds is 5. The Kier molecular flexibility index (Phi) is 4.30. The summed E-state index contributed by atoms with van der Waals surface area (Å²) in [5, 5.41) is 11.6. The number of furan rings is 1. The largest absolute Gasteiger partial charge is 0.465 e. The van der Waals surface area contributed by atoms with E-state index in [1.54, 1.807) is 21.9 Å². The van der Waals surface area contributed by atoms with Gasteiger partial charge in [-0.2, -0.15) is 16.4 Å². The maximum atomic E-state index is 12.5. The summed E-state index contributed by atoms with van der Waals surface area (Å²) in [7, 11) is 0. The molecule has 4 heterocycles. The number of hydrogen-bond donors (Lipinski definition) is 1. The van der Waals surface area contributed by atoms with Gasteiger partial charge in [-0.1, -0.05) is 6.92 Å². The number of carbonyl (C=O) groups excluding carboxylic acids is 1. The number of nitrogens with one attached hydrogen (secondary N) is 1. The average molecular weight is 366 g/mol. The van der Waals surface area contributed by atoms with Crippen LogP contribution in [0.4, 0.5) is 0 Å². The number of hydrogen-bond acceptors (Lipinski definition) is 5. The number of fused-ring (bicyclic) bond motifs is 1. The molecule has 0 aliphatic heterocycles. The Morgan fingerprint density at radius 2 is 2.19 bits per heavy atom. The summed E-state index contributed by atoms with van der Waals surface area (Å²) in [6.07, 6.45) is 0.751. The van der Waals surface area contributed by atoms with Gasteiger partial charge < -0.3 is 9.73 Å². The van der Waals surface area contributed by atoms with Crippen molar-refractivity contribution in [3.8, 4) is 11.3 Å². The molecule has 0 saturated carbocycles. The molecule has 1 N–H and O–H groups in total. The summed E-state index contributed by atoms with van der Waals surface area (Å²) in [4.78, 5) is 17.0. The number of aryl methyl sites for hydroxylation is 2. The number of thiophene rings is 1. The highest BCUT2D eigenvalue weighted by molar-refractivity contribution is 7.08. The van der Waals surface area contributed by atoms with E-state index in [1.165, 1.54) is 0 Å². The topological polar surface area (TPSA) is 72.4 Å². The van der Waals surface area contributed by atoms with Crippen LogP contribution in [0.3, 0.4) is 0 Å². The van der Waals surface area contributed by atoms with E-state index in [4.69, 9.17) is 4.42 Å². The van der Waals surface area contributed by atoms with Gasteiger partial charge in [-0.3, -0.25) is 4.79 Å². The Hall–Kier alpha value is -2.93. The molecule has 132 valence electrons. The Morgan fingerprint density at radius 3 is 2.88 bits per heavy atom. The van der Waals surface area contributed by atoms with E-state index in [0.717, 1.165) is 34.9 Å². The lowest BCUT2D eigenvalue weighted by Gasteiger charge is -2.06. The molecule has 0 unspecified atom stereocenters. The van der Waals surface area contributed by atoms with Crippen LogP contribution in [0.2, 0.25) is 0 Å². The summed E-state index contributed by atoms with van der Waals surface area (Å²) in [5.41, 5.74) is 3.91. The highest BCUT2D eigenvalue weighted by atomic mass is 32.1. The highest BCUT2D eigenvalue weighted by Crippen LogP contribution is 2.22. The third-order valence-corrected chi connectivity index (χ3v) is 4.82. The molecule has 0 saturated heterocycles. The number of carbonyl (C=O) groups is 1. The summed E-state index contributed by atoms with van der Waals surface area (Å²) in [6.45, 7) is 4.24. The van der Waals surface area contributed by atoms with Crippen LogP contribution >= 0.6 is 11.3 Å². The number of nitrogens with zero attached hydrogens (tertiary/aromatic N) is 3. The van der Waals surface area contributed by atoms with Gasteiger partial charge in [0.1, 0.15) is 17.2 Å². The fourth-order valence-corrected chi connectivity index (χ4v) is 3.44. The van der Waals surface area contributed by atoms with Crippen molar-refractivity contribution in [2.24, 2.45) is 0 Å². The van der Waals surface area contributed by atoms with Gasteiger partial charge >= 0.3 is 0 Å². The van der Waals surface area contributed by atoms with E-state index in [2.05, 4.69) is 15.4 Å². The quantitative estimate of drug-likeness (QED) is 0.582. The second-order valence-electron chi connectivity index (χ2n) is 5.99. The van der Waals surface area contributed by atoms with Gasteiger partial charge in [0.05, 0.1) is 12.2 Å². The van der Waals surface area contributed by atoms with Crippen molar-refractivity contribution in [3.63, 3.8) is 0 Å². The zero-order valence-corrected chi connectivity index (χ0v) is 15.3. The molecule has 6 nitrogen and oxygen atoms in total. The predicted octanol–water partition coefficient (Wildman–Crippen LogP) is 3.85. The van der Waals surface area contributed by atoms with E-state index >= 15 is 0 Å². The van der Waals surface area contributed by atoms with E-state index in [9.17, 15) is 4.79 Å². The summed E-state index contributed by atoms with van der Waals surface area (Å²) in [5.74, 6) is 1.31. The zero-order chi connectivity index (χ0) is 18.1.